The average Bonchev–Trinajstić information content (AvgIpc) is 2.60. The van der Waals surface area contributed by atoms with Crippen molar-refractivity contribution in [1.82, 2.24) is 15.2 Å². The Hall–Kier alpha value is -1.62. The molecule has 0 bridgehead atoms. The summed E-state index contributed by atoms with van der Waals surface area (Å²) in [6.45, 7) is 5.13. The fourth-order valence-corrected chi connectivity index (χ4v) is 3.66. The summed E-state index contributed by atoms with van der Waals surface area (Å²) >= 11 is 0. The summed E-state index contributed by atoms with van der Waals surface area (Å²) < 4.78 is 5.99. The molecule has 1 aromatic heterocycles. The number of aromatic nitrogens is 1. The van der Waals surface area contributed by atoms with Crippen molar-refractivity contribution in [1.29, 1.82) is 0 Å². The molecule has 24 heavy (non-hydrogen) atoms. The van der Waals surface area contributed by atoms with Gasteiger partial charge in [-0.15, -0.1) is 0 Å². The highest BCUT2D eigenvalue weighted by molar-refractivity contribution is 5.74. The van der Waals surface area contributed by atoms with Crippen molar-refractivity contribution in [2.45, 2.75) is 58.2 Å². The molecule has 3 rings (SSSR count). The molecule has 1 atom stereocenters. The molecule has 1 N–H and O–H groups in total. The summed E-state index contributed by atoms with van der Waals surface area (Å²) in [5.41, 5.74) is 1.44. The largest absolute Gasteiger partial charge is 0.372 e. The zero-order chi connectivity index (χ0) is 16.8. The van der Waals surface area contributed by atoms with Crippen LogP contribution in [0.1, 0.15) is 51.0 Å². The van der Waals surface area contributed by atoms with Gasteiger partial charge < -0.3 is 15.0 Å². The molecule has 132 valence electrons. The minimum absolute atomic E-state index is 0.0735. The van der Waals surface area contributed by atoms with E-state index in [1.807, 2.05) is 23.2 Å². The molecular formula is C19H29N3O2. The topological polar surface area (TPSA) is 54.5 Å². The second-order valence-electron chi connectivity index (χ2n) is 7.25. The van der Waals surface area contributed by atoms with Crippen LogP contribution >= 0.6 is 0 Å². The molecule has 2 amide bonds. The maximum absolute atomic E-state index is 12.5. The van der Waals surface area contributed by atoms with E-state index < -0.39 is 0 Å². The van der Waals surface area contributed by atoms with Gasteiger partial charge >= 0.3 is 6.03 Å². The van der Waals surface area contributed by atoms with Crippen molar-refractivity contribution < 1.29 is 9.53 Å². The van der Waals surface area contributed by atoms with Gasteiger partial charge in [0.15, 0.2) is 0 Å². The second kappa shape index (κ2) is 7.97. The number of amides is 2. The summed E-state index contributed by atoms with van der Waals surface area (Å²) in [7, 11) is 0. The molecule has 2 fully saturated rings. The molecule has 1 saturated carbocycles. The summed E-state index contributed by atoms with van der Waals surface area (Å²) in [6, 6.07) is 4.01. The van der Waals surface area contributed by atoms with Crippen molar-refractivity contribution in [3.63, 3.8) is 0 Å². The van der Waals surface area contributed by atoms with Gasteiger partial charge in [-0.3, -0.25) is 4.98 Å². The highest BCUT2D eigenvalue weighted by Gasteiger charge is 2.36. The number of likely N-dealkylation sites (tertiary alicyclic amines) is 1. The maximum Gasteiger partial charge on any atom is 0.317 e. The van der Waals surface area contributed by atoms with E-state index in [1.165, 1.54) is 19.3 Å². The SMILES string of the molecule is CCC1(CNC(=O)N2CCC[C@@H](OCc3cccnc3)C2)CCC1. The van der Waals surface area contributed by atoms with Crippen LogP contribution in [0.3, 0.4) is 0 Å². The molecule has 1 aliphatic carbocycles. The number of carbonyl (C=O) groups is 1. The number of piperidine rings is 1. The van der Waals surface area contributed by atoms with Crippen molar-refractivity contribution >= 4 is 6.03 Å². The summed E-state index contributed by atoms with van der Waals surface area (Å²) in [4.78, 5) is 18.5. The van der Waals surface area contributed by atoms with E-state index in [1.54, 1.807) is 6.20 Å². The Morgan fingerprint density at radius 3 is 3.00 bits per heavy atom. The van der Waals surface area contributed by atoms with Crippen LogP contribution in [0.5, 0.6) is 0 Å². The molecular weight excluding hydrogens is 302 g/mol. The van der Waals surface area contributed by atoms with Gasteiger partial charge in [0.2, 0.25) is 0 Å². The number of hydrogen-bond acceptors (Lipinski definition) is 3. The van der Waals surface area contributed by atoms with Gasteiger partial charge in [0.1, 0.15) is 0 Å². The number of nitrogens with one attached hydrogen (secondary N) is 1. The summed E-state index contributed by atoms with van der Waals surface area (Å²) in [5, 5.41) is 3.16. The number of pyridine rings is 1. The molecule has 5 heteroatoms. The molecule has 2 aliphatic rings. The van der Waals surface area contributed by atoms with Gasteiger partial charge in [0.05, 0.1) is 12.7 Å². The van der Waals surface area contributed by atoms with Crippen molar-refractivity contribution in [2.75, 3.05) is 19.6 Å². The molecule has 1 saturated heterocycles. The number of urea groups is 1. The van der Waals surface area contributed by atoms with Gasteiger partial charge in [-0.2, -0.15) is 0 Å². The van der Waals surface area contributed by atoms with Crippen LogP contribution in [0.4, 0.5) is 4.79 Å². The molecule has 2 heterocycles. The van der Waals surface area contributed by atoms with Crippen molar-refractivity contribution in [3.8, 4) is 0 Å². The van der Waals surface area contributed by atoms with Crippen LogP contribution in [-0.2, 0) is 11.3 Å². The number of nitrogens with zero attached hydrogens (tertiary/aromatic N) is 2. The Labute approximate surface area is 144 Å². The first-order valence-corrected chi connectivity index (χ1v) is 9.24. The fraction of sp³-hybridized carbons (Fsp3) is 0.684. The Morgan fingerprint density at radius 1 is 1.46 bits per heavy atom. The van der Waals surface area contributed by atoms with E-state index in [0.717, 1.165) is 37.9 Å². The first-order chi connectivity index (χ1) is 11.7. The third-order valence-electron chi connectivity index (χ3n) is 5.65. The van der Waals surface area contributed by atoms with Gasteiger partial charge in [-0.05, 0) is 49.1 Å². The summed E-state index contributed by atoms with van der Waals surface area (Å²) in [6.07, 6.45) is 10.7. The zero-order valence-electron chi connectivity index (χ0n) is 14.7. The van der Waals surface area contributed by atoms with E-state index in [9.17, 15) is 4.79 Å². The first kappa shape index (κ1) is 17.2. The van der Waals surface area contributed by atoms with Gasteiger partial charge in [-0.1, -0.05) is 19.4 Å². The molecule has 0 radical (unpaired) electrons. The van der Waals surface area contributed by atoms with Crippen LogP contribution in [0, 0.1) is 5.41 Å². The molecule has 5 nitrogen and oxygen atoms in total. The molecule has 1 aliphatic heterocycles. The van der Waals surface area contributed by atoms with Crippen LogP contribution in [0.15, 0.2) is 24.5 Å². The highest BCUT2D eigenvalue weighted by Crippen LogP contribution is 2.43. The Balaban J connectivity index is 1.43. The van der Waals surface area contributed by atoms with E-state index >= 15 is 0 Å². The average molecular weight is 331 g/mol. The molecule has 1 aromatic rings. The minimum atomic E-state index is 0.0735. The predicted octanol–water partition coefficient (Wildman–Crippen LogP) is 3.35. The van der Waals surface area contributed by atoms with Gasteiger partial charge in [-0.25, -0.2) is 4.79 Å². The van der Waals surface area contributed by atoms with E-state index in [2.05, 4.69) is 17.2 Å². The summed E-state index contributed by atoms with van der Waals surface area (Å²) in [5.74, 6) is 0. The van der Waals surface area contributed by atoms with Gasteiger partial charge in [0.25, 0.3) is 0 Å². The zero-order valence-corrected chi connectivity index (χ0v) is 14.7. The number of rotatable bonds is 6. The number of carbonyl (C=O) groups excluding carboxylic acids is 1. The second-order valence-corrected chi connectivity index (χ2v) is 7.25. The van der Waals surface area contributed by atoms with Crippen LogP contribution in [0.25, 0.3) is 0 Å². The van der Waals surface area contributed by atoms with Crippen LogP contribution < -0.4 is 5.32 Å². The fourth-order valence-electron chi connectivity index (χ4n) is 3.66. The Morgan fingerprint density at radius 2 is 2.33 bits per heavy atom. The number of hydrogen-bond donors (Lipinski definition) is 1. The van der Waals surface area contributed by atoms with Crippen molar-refractivity contribution in [2.24, 2.45) is 5.41 Å². The smallest absolute Gasteiger partial charge is 0.317 e. The third-order valence-corrected chi connectivity index (χ3v) is 5.65. The highest BCUT2D eigenvalue weighted by atomic mass is 16.5. The lowest BCUT2D eigenvalue weighted by atomic mass is 9.67. The first-order valence-electron chi connectivity index (χ1n) is 9.24. The lowest BCUT2D eigenvalue weighted by molar-refractivity contribution is -0.00104. The van der Waals surface area contributed by atoms with E-state index in [0.29, 0.717) is 18.6 Å². The predicted molar refractivity (Wildman–Crippen MR) is 93.6 cm³/mol. The minimum Gasteiger partial charge on any atom is -0.372 e. The van der Waals surface area contributed by atoms with E-state index in [4.69, 9.17) is 4.74 Å². The lowest BCUT2D eigenvalue weighted by Gasteiger charge is -2.42. The molecule has 0 unspecified atom stereocenters. The number of ether oxygens (including phenoxy) is 1. The third kappa shape index (κ3) is 4.26. The van der Waals surface area contributed by atoms with Crippen LogP contribution in [-0.4, -0.2) is 41.7 Å². The quantitative estimate of drug-likeness (QED) is 0.870. The Bertz CT molecular complexity index is 525. The standard InChI is InChI=1S/C19H29N3O2/c1-2-19(8-5-9-19)15-21-18(23)22-11-4-7-17(13-22)24-14-16-6-3-10-20-12-16/h3,6,10,12,17H,2,4-5,7-9,11,13-15H2,1H3,(H,21,23)/t17-/m1/s1. The van der Waals surface area contributed by atoms with Crippen molar-refractivity contribution in [3.05, 3.63) is 30.1 Å². The lowest BCUT2D eigenvalue weighted by Crippen LogP contribution is -2.51. The Kier molecular flexibility index (Phi) is 5.72. The molecule has 0 aromatic carbocycles. The molecule has 0 spiro atoms. The maximum atomic E-state index is 12.5. The monoisotopic (exact) mass is 331 g/mol. The van der Waals surface area contributed by atoms with Gasteiger partial charge in [0, 0.05) is 32.0 Å². The van der Waals surface area contributed by atoms with E-state index in [-0.39, 0.29) is 12.1 Å². The normalized spacial score (nSPS) is 22.7. The van der Waals surface area contributed by atoms with Crippen LogP contribution in [0.2, 0.25) is 0 Å².